The topological polar surface area (TPSA) is 126 Å². The average molecular weight is 551 g/mol. The zero-order valence-corrected chi connectivity index (χ0v) is 22.1. The Kier molecular flexibility index (Phi) is 8.84. The number of amides is 1. The first-order valence-electron chi connectivity index (χ1n) is 13.0. The highest BCUT2D eigenvalue weighted by atomic mass is 19.3. The number of benzene rings is 3. The lowest BCUT2D eigenvalue weighted by atomic mass is 9.92. The Morgan fingerprint density at radius 2 is 1.77 bits per heavy atom. The van der Waals surface area contributed by atoms with Crippen molar-refractivity contribution >= 4 is 16.8 Å². The summed E-state index contributed by atoms with van der Waals surface area (Å²) in [5.41, 5.74) is 6.83. The van der Waals surface area contributed by atoms with Gasteiger partial charge in [-0.1, -0.05) is 43.3 Å². The summed E-state index contributed by atoms with van der Waals surface area (Å²) in [5.74, 6) is -3.43. The number of hydrogen-bond acceptors (Lipinski definition) is 5. The summed E-state index contributed by atoms with van der Waals surface area (Å²) in [6.07, 6.45) is 0.873. The van der Waals surface area contributed by atoms with Crippen molar-refractivity contribution < 1.29 is 28.5 Å². The number of halogens is 2. The second-order valence-corrected chi connectivity index (χ2v) is 10.2. The maximum atomic E-state index is 14.8. The maximum Gasteiger partial charge on any atom is 0.306 e. The third-order valence-electron chi connectivity index (χ3n) is 6.83. The van der Waals surface area contributed by atoms with Crippen molar-refractivity contribution in [2.45, 2.75) is 44.6 Å². The van der Waals surface area contributed by atoms with Crippen LogP contribution >= 0.6 is 0 Å². The van der Waals surface area contributed by atoms with Crippen LogP contribution in [0.25, 0.3) is 10.9 Å². The number of alkyl halides is 2. The van der Waals surface area contributed by atoms with Gasteiger partial charge < -0.3 is 25.7 Å². The molecule has 0 bridgehead atoms. The van der Waals surface area contributed by atoms with Crippen molar-refractivity contribution in [3.63, 3.8) is 0 Å². The van der Waals surface area contributed by atoms with Crippen LogP contribution in [0, 0.1) is 5.92 Å². The number of phenolic OH excluding ortho intramolecular Hbond substituents is 1. The van der Waals surface area contributed by atoms with E-state index in [1.165, 1.54) is 30.3 Å². The highest BCUT2D eigenvalue weighted by molar-refractivity contribution is 5.87. The van der Waals surface area contributed by atoms with Gasteiger partial charge in [0.2, 0.25) is 11.5 Å². The molecule has 4 rings (SSSR count). The average Bonchev–Trinajstić information content (AvgIpc) is 2.91. The molecule has 0 aliphatic carbocycles. The summed E-state index contributed by atoms with van der Waals surface area (Å²) in [4.78, 5) is 25.4. The third kappa shape index (κ3) is 7.24. The molecule has 0 saturated heterocycles. The zero-order valence-electron chi connectivity index (χ0n) is 22.1. The van der Waals surface area contributed by atoms with Gasteiger partial charge in [0.25, 0.3) is 0 Å². The summed E-state index contributed by atoms with van der Waals surface area (Å²) in [6.45, 7) is 1.18. The summed E-state index contributed by atoms with van der Waals surface area (Å²) in [5, 5.41) is 21.5. The predicted octanol–water partition coefficient (Wildman–Crippen LogP) is 5.12. The molecule has 1 unspecified atom stereocenters. The molecule has 0 radical (unpaired) electrons. The molecule has 9 heteroatoms. The quantitative estimate of drug-likeness (QED) is 0.195. The van der Waals surface area contributed by atoms with Crippen LogP contribution < -0.4 is 16.0 Å². The van der Waals surface area contributed by atoms with Crippen molar-refractivity contribution in [2.24, 2.45) is 11.7 Å². The highest BCUT2D eigenvalue weighted by Crippen LogP contribution is 2.33. The number of aromatic amines is 1. The Labute approximate surface area is 230 Å². The first-order chi connectivity index (χ1) is 19.0. The Morgan fingerprint density at radius 1 is 1.02 bits per heavy atom. The smallest absolute Gasteiger partial charge is 0.306 e. The molecule has 0 aliphatic rings. The standard InChI is InChI=1S/C31H32F2N2O5/c1-19(8-11-26(36)24-9-12-27(37)30-25(24)10-13-29(39)35-30)14-20-5-3-7-23(16-20)40-18-31(32,33)22-6-2-4-21(15-22)17-28(34)38/h2-7,9-10,12-13,15-16,19,26,36-37H,8,11,14,17-18H2,1H3,(H2,34,38)(H,35,39)/t19?,26-/m0/s1. The summed E-state index contributed by atoms with van der Waals surface area (Å²) >= 11 is 0. The lowest BCUT2D eigenvalue weighted by Crippen LogP contribution is -2.23. The molecule has 0 spiro atoms. The number of ether oxygens (including phenoxy) is 1. The number of nitrogens with one attached hydrogen (secondary N) is 1. The van der Waals surface area contributed by atoms with E-state index in [0.717, 1.165) is 5.56 Å². The molecule has 1 amide bonds. The van der Waals surface area contributed by atoms with E-state index in [1.807, 2.05) is 13.0 Å². The number of aromatic hydroxyl groups is 1. The number of pyridine rings is 1. The molecule has 5 N–H and O–H groups in total. The van der Waals surface area contributed by atoms with Crippen molar-refractivity contribution in [3.8, 4) is 11.5 Å². The summed E-state index contributed by atoms with van der Waals surface area (Å²) in [6, 6.07) is 18.6. The Balaban J connectivity index is 1.34. The van der Waals surface area contributed by atoms with Gasteiger partial charge >= 0.3 is 5.92 Å². The number of fused-ring (bicyclic) bond motifs is 1. The van der Waals surface area contributed by atoms with E-state index in [9.17, 15) is 28.6 Å². The molecule has 0 fully saturated rings. The van der Waals surface area contributed by atoms with Crippen LogP contribution in [0.15, 0.2) is 77.6 Å². The van der Waals surface area contributed by atoms with E-state index < -0.39 is 24.5 Å². The fourth-order valence-electron chi connectivity index (χ4n) is 4.78. The van der Waals surface area contributed by atoms with Gasteiger partial charge in [-0.05, 0) is 72.2 Å². The monoisotopic (exact) mass is 550 g/mol. The van der Waals surface area contributed by atoms with Gasteiger partial charge in [0, 0.05) is 17.0 Å². The normalized spacial score (nSPS) is 13.2. The minimum absolute atomic E-state index is 0.0616. The molecule has 2 atom stereocenters. The number of aliphatic hydroxyl groups excluding tert-OH is 1. The van der Waals surface area contributed by atoms with Gasteiger partial charge in [-0.25, -0.2) is 0 Å². The van der Waals surface area contributed by atoms with Gasteiger partial charge in [-0.3, -0.25) is 9.59 Å². The van der Waals surface area contributed by atoms with Crippen LogP contribution in [-0.4, -0.2) is 27.7 Å². The first kappa shape index (κ1) is 28.8. The highest BCUT2D eigenvalue weighted by Gasteiger charge is 2.33. The lowest BCUT2D eigenvalue weighted by Gasteiger charge is -2.19. The third-order valence-corrected chi connectivity index (χ3v) is 6.83. The molecule has 3 aromatic carbocycles. The van der Waals surface area contributed by atoms with E-state index in [0.29, 0.717) is 41.5 Å². The molecule has 1 aromatic heterocycles. The molecule has 40 heavy (non-hydrogen) atoms. The fraction of sp³-hybridized carbons (Fsp3) is 0.290. The van der Waals surface area contributed by atoms with Crippen LogP contribution in [-0.2, 0) is 23.6 Å². The second-order valence-electron chi connectivity index (χ2n) is 10.2. The molecule has 0 aliphatic heterocycles. The van der Waals surface area contributed by atoms with Crippen molar-refractivity contribution in [2.75, 3.05) is 6.61 Å². The molecule has 0 saturated carbocycles. The largest absolute Gasteiger partial charge is 0.506 e. The minimum atomic E-state index is -3.27. The number of hydrogen-bond donors (Lipinski definition) is 4. The van der Waals surface area contributed by atoms with Crippen LogP contribution in [0.1, 0.15) is 48.1 Å². The number of aromatic nitrogens is 1. The van der Waals surface area contributed by atoms with E-state index in [4.69, 9.17) is 10.5 Å². The fourth-order valence-corrected chi connectivity index (χ4v) is 4.78. The van der Waals surface area contributed by atoms with E-state index in [2.05, 4.69) is 4.98 Å². The molecular formula is C31H32F2N2O5. The molecule has 210 valence electrons. The number of H-pyrrole nitrogens is 1. The molecule has 4 aromatic rings. The van der Waals surface area contributed by atoms with Crippen molar-refractivity contribution in [1.29, 1.82) is 0 Å². The second kappa shape index (κ2) is 12.3. The lowest BCUT2D eigenvalue weighted by molar-refractivity contribution is -0.117. The predicted molar refractivity (Wildman–Crippen MR) is 148 cm³/mol. The van der Waals surface area contributed by atoms with Gasteiger partial charge in [-0.15, -0.1) is 0 Å². The van der Waals surface area contributed by atoms with Crippen molar-refractivity contribution in [1.82, 2.24) is 4.98 Å². The van der Waals surface area contributed by atoms with Crippen LogP contribution in [0.2, 0.25) is 0 Å². The van der Waals surface area contributed by atoms with Gasteiger partial charge in [0.15, 0.2) is 6.61 Å². The number of rotatable bonds is 12. The maximum absolute atomic E-state index is 14.8. The number of nitrogens with two attached hydrogens (primary N) is 1. The van der Waals surface area contributed by atoms with Gasteiger partial charge in [-0.2, -0.15) is 8.78 Å². The van der Waals surface area contributed by atoms with E-state index in [-0.39, 0.29) is 34.7 Å². The van der Waals surface area contributed by atoms with Crippen LogP contribution in [0.3, 0.4) is 0 Å². The Hall–Kier alpha value is -4.24. The number of carbonyl (C=O) groups excluding carboxylic acids is 1. The van der Waals surface area contributed by atoms with Crippen LogP contribution in [0.4, 0.5) is 8.78 Å². The van der Waals surface area contributed by atoms with Crippen molar-refractivity contribution in [3.05, 3.63) is 105 Å². The molecular weight excluding hydrogens is 518 g/mol. The Morgan fingerprint density at radius 3 is 2.55 bits per heavy atom. The van der Waals surface area contributed by atoms with E-state index in [1.54, 1.807) is 36.4 Å². The van der Waals surface area contributed by atoms with Crippen LogP contribution in [0.5, 0.6) is 11.5 Å². The van der Waals surface area contributed by atoms with E-state index >= 15 is 0 Å². The minimum Gasteiger partial charge on any atom is -0.506 e. The summed E-state index contributed by atoms with van der Waals surface area (Å²) in [7, 11) is 0. The zero-order chi connectivity index (χ0) is 28.9. The number of primary amides is 1. The SMILES string of the molecule is CC(CC[C@H](O)c1ccc(O)c2[nH]c(=O)ccc12)Cc1cccc(OCC(F)(F)c2cccc(CC(N)=O)c2)c1. The first-order valence-corrected chi connectivity index (χ1v) is 13.0. The molecule has 7 nitrogen and oxygen atoms in total. The summed E-state index contributed by atoms with van der Waals surface area (Å²) < 4.78 is 35.1. The Bertz CT molecular complexity index is 1550. The van der Waals surface area contributed by atoms with Gasteiger partial charge in [0.05, 0.1) is 18.0 Å². The number of phenols is 1. The van der Waals surface area contributed by atoms with Gasteiger partial charge in [0.1, 0.15) is 11.5 Å². The molecule has 1 heterocycles. The number of aliphatic hydroxyl groups is 1. The number of carbonyl (C=O) groups is 1.